The lowest BCUT2D eigenvalue weighted by Gasteiger charge is -2.04. The molecule has 0 heterocycles. The van der Waals surface area contributed by atoms with Gasteiger partial charge >= 0.3 is 0 Å². The molecule has 1 rings (SSSR count). The van der Waals surface area contributed by atoms with Crippen LogP contribution in [0, 0.1) is 0 Å². The van der Waals surface area contributed by atoms with Crippen LogP contribution in [0.15, 0.2) is 56.2 Å². The Morgan fingerprint density at radius 1 is 1.11 bits per heavy atom. The van der Waals surface area contributed by atoms with Gasteiger partial charge in [0.15, 0.2) is 11.5 Å². The third-order valence-electron chi connectivity index (χ3n) is 2.10. The molecule has 0 amide bonds. The van der Waals surface area contributed by atoms with Crippen molar-refractivity contribution >= 4 is 0 Å². The van der Waals surface area contributed by atoms with Gasteiger partial charge in [-0.15, -0.1) is 19.7 Å². The summed E-state index contributed by atoms with van der Waals surface area (Å²) in [5.74, 6) is 0.680. The Balaban J connectivity index is 0.000000399. The van der Waals surface area contributed by atoms with Crippen molar-refractivity contribution in [2.75, 3.05) is 20.3 Å². The second-order valence-electron chi connectivity index (χ2n) is 3.61. The number of hydrogen-bond donors (Lipinski definition) is 1. The molecule has 3 nitrogen and oxygen atoms in total. The standard InChI is InChI=1S/C10H12O2.C6H10O/c1-3-4-8-5-6-9(11)10(7-8)12-2;1-3-5-7-6-4-2/h3,5-7,11H,1,4H2,2H3;3-4H,1-2,5-6H2. The van der Waals surface area contributed by atoms with Crippen molar-refractivity contribution in [2.24, 2.45) is 0 Å². The third kappa shape index (κ3) is 7.84. The Morgan fingerprint density at radius 3 is 2.21 bits per heavy atom. The lowest BCUT2D eigenvalue weighted by molar-refractivity contribution is 0.194. The minimum atomic E-state index is 0.172. The minimum Gasteiger partial charge on any atom is -0.504 e. The fraction of sp³-hybridized carbons (Fsp3) is 0.250. The van der Waals surface area contributed by atoms with Gasteiger partial charge < -0.3 is 14.6 Å². The third-order valence-corrected chi connectivity index (χ3v) is 2.10. The van der Waals surface area contributed by atoms with Crippen molar-refractivity contribution in [1.29, 1.82) is 0 Å². The zero-order valence-corrected chi connectivity index (χ0v) is 11.5. The Morgan fingerprint density at radius 2 is 1.74 bits per heavy atom. The number of benzene rings is 1. The fourth-order valence-electron chi connectivity index (χ4n) is 1.25. The molecule has 0 aromatic heterocycles. The number of rotatable bonds is 7. The lowest BCUT2D eigenvalue weighted by Crippen LogP contribution is -1.87. The van der Waals surface area contributed by atoms with E-state index in [2.05, 4.69) is 19.7 Å². The van der Waals surface area contributed by atoms with Crippen LogP contribution in [0.4, 0.5) is 0 Å². The summed E-state index contributed by atoms with van der Waals surface area (Å²) in [6, 6.07) is 5.27. The van der Waals surface area contributed by atoms with E-state index in [1.54, 1.807) is 24.3 Å². The smallest absolute Gasteiger partial charge is 0.160 e. The topological polar surface area (TPSA) is 38.7 Å². The monoisotopic (exact) mass is 262 g/mol. The first-order chi connectivity index (χ1) is 9.19. The van der Waals surface area contributed by atoms with Crippen LogP contribution in [0.2, 0.25) is 0 Å². The molecule has 0 atom stereocenters. The van der Waals surface area contributed by atoms with Gasteiger partial charge in [0.05, 0.1) is 20.3 Å². The summed E-state index contributed by atoms with van der Waals surface area (Å²) in [5.41, 5.74) is 1.08. The van der Waals surface area contributed by atoms with Crippen molar-refractivity contribution in [3.63, 3.8) is 0 Å². The SMILES string of the molecule is C=CCOCC=C.C=CCc1ccc(O)c(OC)c1. The van der Waals surface area contributed by atoms with E-state index in [1.165, 1.54) is 7.11 Å². The molecule has 19 heavy (non-hydrogen) atoms. The van der Waals surface area contributed by atoms with Crippen LogP contribution in [0.3, 0.4) is 0 Å². The summed E-state index contributed by atoms with van der Waals surface area (Å²) in [6.45, 7) is 11.8. The predicted octanol–water partition coefficient (Wildman–Crippen LogP) is 3.50. The normalized spacial score (nSPS) is 8.89. The van der Waals surface area contributed by atoms with Gasteiger partial charge in [0.2, 0.25) is 0 Å². The highest BCUT2D eigenvalue weighted by atomic mass is 16.5. The first kappa shape index (κ1) is 17.0. The minimum absolute atomic E-state index is 0.172. The molecule has 0 spiro atoms. The van der Waals surface area contributed by atoms with E-state index in [4.69, 9.17) is 9.47 Å². The van der Waals surface area contributed by atoms with Crippen molar-refractivity contribution in [2.45, 2.75) is 6.42 Å². The molecule has 1 aromatic carbocycles. The highest BCUT2D eigenvalue weighted by molar-refractivity contribution is 5.42. The van der Waals surface area contributed by atoms with Crippen LogP contribution in [0.1, 0.15) is 5.56 Å². The van der Waals surface area contributed by atoms with Gasteiger partial charge in [-0.3, -0.25) is 0 Å². The first-order valence-corrected chi connectivity index (χ1v) is 5.95. The number of phenolic OH excluding ortho intramolecular Hbond substituents is 1. The Labute approximate surface area is 115 Å². The van der Waals surface area contributed by atoms with Crippen LogP contribution >= 0.6 is 0 Å². The molecule has 104 valence electrons. The maximum atomic E-state index is 9.25. The van der Waals surface area contributed by atoms with E-state index in [9.17, 15) is 5.11 Å². The molecule has 0 bridgehead atoms. The number of allylic oxidation sites excluding steroid dienone is 1. The average Bonchev–Trinajstić information content (AvgIpc) is 2.42. The van der Waals surface area contributed by atoms with Crippen LogP contribution in [0.5, 0.6) is 11.5 Å². The van der Waals surface area contributed by atoms with Gasteiger partial charge in [-0.25, -0.2) is 0 Å². The van der Waals surface area contributed by atoms with Crippen molar-refractivity contribution < 1.29 is 14.6 Å². The van der Waals surface area contributed by atoms with Crippen LogP contribution in [-0.4, -0.2) is 25.4 Å². The molecule has 0 aliphatic rings. The molecule has 3 heteroatoms. The maximum absolute atomic E-state index is 9.25. The van der Waals surface area contributed by atoms with Gasteiger partial charge in [0, 0.05) is 0 Å². The molecule has 1 N–H and O–H groups in total. The predicted molar refractivity (Wildman–Crippen MR) is 79.8 cm³/mol. The molecular formula is C16H22O3. The zero-order valence-electron chi connectivity index (χ0n) is 11.5. The van der Waals surface area contributed by atoms with Crippen LogP contribution in [-0.2, 0) is 11.2 Å². The quantitative estimate of drug-likeness (QED) is 0.603. The lowest BCUT2D eigenvalue weighted by atomic mass is 10.1. The molecule has 0 radical (unpaired) electrons. The first-order valence-electron chi connectivity index (χ1n) is 5.95. The highest BCUT2D eigenvalue weighted by Gasteiger charge is 2.00. The van der Waals surface area contributed by atoms with Gasteiger partial charge in [-0.1, -0.05) is 24.3 Å². The summed E-state index contributed by atoms with van der Waals surface area (Å²) < 4.78 is 9.84. The van der Waals surface area contributed by atoms with Crippen molar-refractivity contribution in [1.82, 2.24) is 0 Å². The number of aromatic hydroxyl groups is 1. The molecular weight excluding hydrogens is 240 g/mol. The van der Waals surface area contributed by atoms with E-state index in [0.717, 1.165) is 12.0 Å². The van der Waals surface area contributed by atoms with Crippen molar-refractivity contribution in [3.05, 3.63) is 61.7 Å². The summed E-state index contributed by atoms with van der Waals surface area (Å²) in [6.07, 6.45) is 6.02. The Kier molecular flexibility index (Phi) is 9.94. The average molecular weight is 262 g/mol. The maximum Gasteiger partial charge on any atom is 0.160 e. The van der Waals surface area contributed by atoms with Crippen molar-refractivity contribution in [3.8, 4) is 11.5 Å². The van der Waals surface area contributed by atoms with E-state index < -0.39 is 0 Å². The zero-order chi connectivity index (χ0) is 14.5. The molecule has 1 aromatic rings. The molecule has 0 unspecified atom stereocenters. The Bertz CT molecular complexity index is 389. The summed E-state index contributed by atoms with van der Waals surface area (Å²) in [4.78, 5) is 0. The fourth-order valence-corrected chi connectivity index (χ4v) is 1.25. The number of ether oxygens (including phenoxy) is 2. The summed E-state index contributed by atoms with van der Waals surface area (Å²) in [7, 11) is 1.53. The molecule has 0 aliphatic heterocycles. The molecule has 0 saturated heterocycles. The van der Waals surface area contributed by atoms with Gasteiger partial charge in [0.25, 0.3) is 0 Å². The number of methoxy groups -OCH3 is 1. The Hall–Kier alpha value is -2.00. The number of phenols is 1. The van der Waals surface area contributed by atoms with E-state index in [1.807, 2.05) is 12.1 Å². The largest absolute Gasteiger partial charge is 0.504 e. The molecule has 0 aliphatic carbocycles. The van der Waals surface area contributed by atoms with E-state index >= 15 is 0 Å². The van der Waals surface area contributed by atoms with Gasteiger partial charge in [-0.05, 0) is 24.1 Å². The molecule has 0 fully saturated rings. The van der Waals surface area contributed by atoms with E-state index in [-0.39, 0.29) is 5.75 Å². The second kappa shape index (κ2) is 11.1. The number of hydrogen-bond acceptors (Lipinski definition) is 3. The van der Waals surface area contributed by atoms with Gasteiger partial charge in [0.1, 0.15) is 0 Å². The summed E-state index contributed by atoms with van der Waals surface area (Å²) >= 11 is 0. The highest BCUT2D eigenvalue weighted by Crippen LogP contribution is 2.26. The second-order valence-corrected chi connectivity index (χ2v) is 3.61. The van der Waals surface area contributed by atoms with E-state index in [0.29, 0.717) is 19.0 Å². The molecule has 0 saturated carbocycles. The summed E-state index contributed by atoms with van der Waals surface area (Å²) in [5, 5.41) is 9.25. The van der Waals surface area contributed by atoms with Crippen LogP contribution in [0.25, 0.3) is 0 Å². The van der Waals surface area contributed by atoms with Gasteiger partial charge in [-0.2, -0.15) is 0 Å². The van der Waals surface area contributed by atoms with Crippen LogP contribution < -0.4 is 4.74 Å².